The van der Waals surface area contributed by atoms with Gasteiger partial charge in [-0.2, -0.15) is 0 Å². The molecule has 0 heterocycles. The normalized spacial score (nSPS) is 10.2. The van der Waals surface area contributed by atoms with Crippen molar-refractivity contribution in [2.24, 2.45) is 0 Å². The summed E-state index contributed by atoms with van der Waals surface area (Å²) >= 11 is 1.57. The minimum Gasteiger partial charge on any atom is -0.355 e. The predicted octanol–water partition coefficient (Wildman–Crippen LogP) is 3.23. The zero-order chi connectivity index (χ0) is 16.7. The van der Waals surface area contributed by atoms with Crippen molar-refractivity contribution in [1.29, 1.82) is 0 Å². The van der Waals surface area contributed by atoms with Gasteiger partial charge in [0.15, 0.2) is 0 Å². The monoisotopic (exact) mass is 328 g/mol. The van der Waals surface area contributed by atoms with Gasteiger partial charge in [0.2, 0.25) is 5.91 Å². The van der Waals surface area contributed by atoms with Crippen LogP contribution < -0.4 is 10.6 Å². The number of anilines is 1. The third-order valence-corrected chi connectivity index (χ3v) is 4.37. The first-order chi connectivity index (χ1) is 11.1. The van der Waals surface area contributed by atoms with E-state index >= 15 is 0 Å². The average Bonchev–Trinajstić information content (AvgIpc) is 2.56. The van der Waals surface area contributed by atoms with E-state index in [0.29, 0.717) is 17.0 Å². The van der Waals surface area contributed by atoms with E-state index in [1.807, 2.05) is 12.1 Å². The van der Waals surface area contributed by atoms with Crippen molar-refractivity contribution in [2.75, 3.05) is 18.1 Å². The number of benzene rings is 2. The van der Waals surface area contributed by atoms with Crippen molar-refractivity contribution in [3.63, 3.8) is 0 Å². The summed E-state index contributed by atoms with van der Waals surface area (Å²) in [6.45, 7) is 2.07. The summed E-state index contributed by atoms with van der Waals surface area (Å²) in [5.41, 5.74) is 3.64. The van der Waals surface area contributed by atoms with E-state index in [4.69, 9.17) is 0 Å². The largest absolute Gasteiger partial charge is 0.355 e. The van der Waals surface area contributed by atoms with Gasteiger partial charge in [0.25, 0.3) is 5.91 Å². The molecular weight excluding hydrogens is 308 g/mol. The fourth-order valence-electron chi connectivity index (χ4n) is 2.11. The standard InChI is InChI=1S/C18H20N2O2S/c1-13-6-3-4-7-15(13)11-23-12-17(21)20-16-9-5-8-14(10-16)18(22)19-2/h3-10H,11-12H2,1-2H3,(H,19,22)(H,20,21). The van der Waals surface area contributed by atoms with Crippen molar-refractivity contribution < 1.29 is 9.59 Å². The lowest BCUT2D eigenvalue weighted by Gasteiger charge is -2.08. The summed E-state index contributed by atoms with van der Waals surface area (Å²) in [5, 5.41) is 5.39. The average molecular weight is 328 g/mol. The zero-order valence-electron chi connectivity index (χ0n) is 13.3. The number of hydrogen-bond acceptors (Lipinski definition) is 3. The van der Waals surface area contributed by atoms with Gasteiger partial charge in [-0.3, -0.25) is 9.59 Å². The number of rotatable bonds is 6. The Morgan fingerprint density at radius 2 is 1.87 bits per heavy atom. The second kappa shape index (κ2) is 8.39. The van der Waals surface area contributed by atoms with E-state index in [0.717, 1.165) is 5.75 Å². The third kappa shape index (κ3) is 5.14. The first-order valence-electron chi connectivity index (χ1n) is 7.34. The molecule has 0 unspecified atom stereocenters. The minimum absolute atomic E-state index is 0.0716. The number of amides is 2. The van der Waals surface area contributed by atoms with Gasteiger partial charge in [-0.1, -0.05) is 30.3 Å². The lowest BCUT2D eigenvalue weighted by atomic mass is 10.1. The maximum Gasteiger partial charge on any atom is 0.251 e. The number of nitrogens with one attached hydrogen (secondary N) is 2. The number of carbonyl (C=O) groups is 2. The molecule has 0 atom stereocenters. The Morgan fingerprint density at radius 1 is 1.09 bits per heavy atom. The van der Waals surface area contributed by atoms with Gasteiger partial charge < -0.3 is 10.6 Å². The van der Waals surface area contributed by atoms with Gasteiger partial charge in [0.1, 0.15) is 0 Å². The molecule has 2 rings (SSSR count). The van der Waals surface area contributed by atoms with E-state index in [2.05, 4.69) is 29.7 Å². The van der Waals surface area contributed by atoms with Crippen LogP contribution in [0.25, 0.3) is 0 Å². The van der Waals surface area contributed by atoms with Crippen molar-refractivity contribution in [3.8, 4) is 0 Å². The van der Waals surface area contributed by atoms with Crippen molar-refractivity contribution >= 4 is 29.3 Å². The van der Waals surface area contributed by atoms with Gasteiger partial charge >= 0.3 is 0 Å². The molecule has 0 aliphatic heterocycles. The molecular formula is C18H20N2O2S. The van der Waals surface area contributed by atoms with E-state index in [1.54, 1.807) is 43.1 Å². The Bertz CT molecular complexity index is 701. The number of aryl methyl sites for hydroxylation is 1. The van der Waals surface area contributed by atoms with Crippen molar-refractivity contribution in [3.05, 3.63) is 65.2 Å². The first-order valence-corrected chi connectivity index (χ1v) is 8.50. The van der Waals surface area contributed by atoms with Crippen LogP contribution in [0.3, 0.4) is 0 Å². The molecule has 0 saturated carbocycles. The van der Waals surface area contributed by atoms with Crippen molar-refractivity contribution in [2.45, 2.75) is 12.7 Å². The van der Waals surface area contributed by atoms with E-state index in [1.165, 1.54) is 11.1 Å². The molecule has 0 bridgehead atoms. The zero-order valence-corrected chi connectivity index (χ0v) is 14.1. The predicted molar refractivity (Wildman–Crippen MR) is 95.8 cm³/mol. The van der Waals surface area contributed by atoms with Crippen LogP contribution in [-0.4, -0.2) is 24.6 Å². The Labute approximate surface area is 140 Å². The van der Waals surface area contributed by atoms with Gasteiger partial charge in [-0.15, -0.1) is 11.8 Å². The number of thioether (sulfide) groups is 1. The first kappa shape index (κ1) is 17.1. The number of hydrogen-bond donors (Lipinski definition) is 2. The Balaban J connectivity index is 1.85. The molecule has 4 nitrogen and oxygen atoms in total. The summed E-state index contributed by atoms with van der Waals surface area (Å²) < 4.78 is 0. The molecule has 0 spiro atoms. The minimum atomic E-state index is -0.171. The molecule has 5 heteroatoms. The second-order valence-corrected chi connectivity index (χ2v) is 6.11. The molecule has 0 saturated heterocycles. The Kier molecular flexibility index (Phi) is 6.23. The topological polar surface area (TPSA) is 58.2 Å². The fourth-order valence-corrected chi connectivity index (χ4v) is 3.01. The second-order valence-electron chi connectivity index (χ2n) is 5.13. The maximum absolute atomic E-state index is 12.0. The molecule has 120 valence electrons. The van der Waals surface area contributed by atoms with Crippen LogP contribution >= 0.6 is 11.8 Å². The van der Waals surface area contributed by atoms with Gasteiger partial charge in [0, 0.05) is 24.1 Å². The van der Waals surface area contributed by atoms with Gasteiger partial charge in [-0.05, 0) is 36.2 Å². The summed E-state index contributed by atoms with van der Waals surface area (Å²) in [6, 6.07) is 15.1. The van der Waals surface area contributed by atoms with E-state index < -0.39 is 0 Å². The summed E-state index contributed by atoms with van der Waals surface area (Å²) in [7, 11) is 1.58. The lowest BCUT2D eigenvalue weighted by molar-refractivity contribution is -0.113. The van der Waals surface area contributed by atoms with Crippen LogP contribution in [0.1, 0.15) is 21.5 Å². The van der Waals surface area contributed by atoms with Gasteiger partial charge in [-0.25, -0.2) is 0 Å². The molecule has 0 aliphatic carbocycles. The van der Waals surface area contributed by atoms with E-state index in [-0.39, 0.29) is 11.8 Å². The quantitative estimate of drug-likeness (QED) is 0.856. The highest BCUT2D eigenvalue weighted by Crippen LogP contribution is 2.16. The molecule has 0 radical (unpaired) electrons. The molecule has 0 aromatic heterocycles. The van der Waals surface area contributed by atoms with Crippen LogP contribution in [0.15, 0.2) is 48.5 Å². The highest BCUT2D eigenvalue weighted by Gasteiger charge is 2.07. The molecule has 0 aliphatic rings. The lowest BCUT2D eigenvalue weighted by Crippen LogP contribution is -2.19. The van der Waals surface area contributed by atoms with Crippen molar-refractivity contribution in [1.82, 2.24) is 5.32 Å². The molecule has 2 aromatic rings. The smallest absolute Gasteiger partial charge is 0.251 e. The van der Waals surface area contributed by atoms with Crippen LogP contribution in [-0.2, 0) is 10.5 Å². The molecule has 2 N–H and O–H groups in total. The summed E-state index contributed by atoms with van der Waals surface area (Å²) in [5.74, 6) is 0.935. The fraction of sp³-hybridized carbons (Fsp3) is 0.222. The molecule has 2 amide bonds. The SMILES string of the molecule is CNC(=O)c1cccc(NC(=O)CSCc2ccccc2C)c1. The highest BCUT2D eigenvalue weighted by atomic mass is 32.2. The van der Waals surface area contributed by atoms with Crippen LogP contribution in [0, 0.1) is 6.92 Å². The molecule has 23 heavy (non-hydrogen) atoms. The molecule has 0 fully saturated rings. The van der Waals surface area contributed by atoms with Crippen LogP contribution in [0.2, 0.25) is 0 Å². The summed E-state index contributed by atoms with van der Waals surface area (Å²) in [4.78, 5) is 23.6. The van der Waals surface area contributed by atoms with Gasteiger partial charge in [0.05, 0.1) is 5.75 Å². The third-order valence-electron chi connectivity index (χ3n) is 3.39. The van der Waals surface area contributed by atoms with Crippen LogP contribution in [0.4, 0.5) is 5.69 Å². The summed E-state index contributed by atoms with van der Waals surface area (Å²) in [6.07, 6.45) is 0. The maximum atomic E-state index is 12.0. The van der Waals surface area contributed by atoms with Crippen LogP contribution in [0.5, 0.6) is 0 Å². The highest BCUT2D eigenvalue weighted by molar-refractivity contribution is 7.99. The Morgan fingerprint density at radius 3 is 2.61 bits per heavy atom. The van der Waals surface area contributed by atoms with E-state index in [9.17, 15) is 9.59 Å². The Hall–Kier alpha value is -2.27. The molecule has 2 aromatic carbocycles. The number of carbonyl (C=O) groups excluding carboxylic acids is 2.